The second kappa shape index (κ2) is 9.96. The van der Waals surface area contributed by atoms with E-state index in [-0.39, 0.29) is 11.7 Å². The van der Waals surface area contributed by atoms with E-state index in [0.717, 1.165) is 53.6 Å². The lowest BCUT2D eigenvalue weighted by molar-refractivity contribution is -0.0390. The number of aromatic carboxylic acids is 1. The molecule has 170 valence electrons. The van der Waals surface area contributed by atoms with Crippen LogP contribution in [-0.4, -0.2) is 35.4 Å². The normalized spacial score (nSPS) is 14.0. The summed E-state index contributed by atoms with van der Waals surface area (Å²) in [5, 5.41) is 10.9. The number of ether oxygens (including phenoxy) is 2. The number of rotatable bonds is 5. The Balaban J connectivity index is 1.40. The standard InChI is InChI=1S/C29H25NO4/c31-29(32)26-3-1-2-23(28(26)24-11-10-22-12-15-30-27(22)18-24)9-8-20-4-6-21(7-5-20)19-34-25-13-16-33-17-14-25/h1-7,10-12,15,18,25,30H,13-14,16-17,19H2,(H,31,32). The third-order valence-corrected chi connectivity index (χ3v) is 6.09. The lowest BCUT2D eigenvalue weighted by atomic mass is 9.93. The van der Waals surface area contributed by atoms with Crippen molar-refractivity contribution in [3.63, 3.8) is 0 Å². The molecule has 0 aliphatic carbocycles. The van der Waals surface area contributed by atoms with E-state index in [0.29, 0.717) is 17.7 Å². The van der Waals surface area contributed by atoms with Crippen LogP contribution < -0.4 is 0 Å². The van der Waals surface area contributed by atoms with Gasteiger partial charge in [0.1, 0.15) is 0 Å². The number of hydrogen-bond acceptors (Lipinski definition) is 3. The third kappa shape index (κ3) is 4.89. The van der Waals surface area contributed by atoms with Crippen LogP contribution in [0.1, 0.15) is 39.9 Å². The van der Waals surface area contributed by atoms with E-state index in [1.165, 1.54) is 0 Å². The Hall–Kier alpha value is -3.85. The molecule has 0 bridgehead atoms. The Labute approximate surface area is 198 Å². The van der Waals surface area contributed by atoms with Crippen LogP contribution in [0.4, 0.5) is 0 Å². The van der Waals surface area contributed by atoms with E-state index in [9.17, 15) is 9.90 Å². The maximum Gasteiger partial charge on any atom is 0.336 e. The van der Waals surface area contributed by atoms with Gasteiger partial charge >= 0.3 is 5.97 Å². The first-order chi connectivity index (χ1) is 16.7. The quantitative estimate of drug-likeness (QED) is 0.386. The molecule has 2 N–H and O–H groups in total. The fourth-order valence-electron chi connectivity index (χ4n) is 4.23. The van der Waals surface area contributed by atoms with Crippen molar-refractivity contribution in [2.45, 2.75) is 25.6 Å². The second-order valence-corrected chi connectivity index (χ2v) is 8.38. The summed E-state index contributed by atoms with van der Waals surface area (Å²) in [7, 11) is 0. The van der Waals surface area contributed by atoms with Gasteiger partial charge in [0, 0.05) is 41.6 Å². The molecule has 3 aromatic carbocycles. The number of aromatic amines is 1. The van der Waals surface area contributed by atoms with Gasteiger partial charge in [0.05, 0.1) is 18.3 Å². The molecule has 1 aliphatic rings. The van der Waals surface area contributed by atoms with Crippen LogP contribution in [0.25, 0.3) is 22.0 Å². The number of fused-ring (bicyclic) bond motifs is 1. The minimum Gasteiger partial charge on any atom is -0.478 e. The lowest BCUT2D eigenvalue weighted by Gasteiger charge is -2.22. The number of carboxylic acids is 1. The molecule has 5 rings (SSSR count). The van der Waals surface area contributed by atoms with Gasteiger partial charge in [-0.05, 0) is 65.8 Å². The molecule has 0 radical (unpaired) electrons. The highest BCUT2D eigenvalue weighted by Gasteiger charge is 2.16. The average molecular weight is 452 g/mol. The SMILES string of the molecule is O=C(O)c1cccc(C#Cc2ccc(COC3CCOCC3)cc2)c1-c1ccc2cc[nH]c2c1. The maximum absolute atomic E-state index is 12.0. The summed E-state index contributed by atoms with van der Waals surface area (Å²) in [5.74, 6) is 5.42. The Morgan fingerprint density at radius 1 is 1.03 bits per heavy atom. The van der Waals surface area contributed by atoms with E-state index in [2.05, 4.69) is 16.8 Å². The first-order valence-corrected chi connectivity index (χ1v) is 11.4. The topological polar surface area (TPSA) is 71.6 Å². The van der Waals surface area contributed by atoms with Crippen LogP contribution in [0, 0.1) is 11.8 Å². The molecule has 4 aromatic rings. The molecule has 0 saturated carbocycles. The summed E-state index contributed by atoms with van der Waals surface area (Å²) in [6, 6.07) is 21.1. The van der Waals surface area contributed by atoms with Gasteiger partial charge in [-0.2, -0.15) is 0 Å². The van der Waals surface area contributed by atoms with Crippen molar-refractivity contribution in [2.75, 3.05) is 13.2 Å². The van der Waals surface area contributed by atoms with Gasteiger partial charge in [-0.15, -0.1) is 0 Å². The smallest absolute Gasteiger partial charge is 0.336 e. The van der Waals surface area contributed by atoms with E-state index in [4.69, 9.17) is 9.47 Å². The van der Waals surface area contributed by atoms with Crippen LogP contribution in [0.2, 0.25) is 0 Å². The lowest BCUT2D eigenvalue weighted by Crippen LogP contribution is -2.23. The monoisotopic (exact) mass is 451 g/mol. The largest absolute Gasteiger partial charge is 0.478 e. The third-order valence-electron chi connectivity index (χ3n) is 6.09. The van der Waals surface area contributed by atoms with Crippen molar-refractivity contribution >= 4 is 16.9 Å². The van der Waals surface area contributed by atoms with E-state index < -0.39 is 5.97 Å². The summed E-state index contributed by atoms with van der Waals surface area (Å²) in [6.45, 7) is 2.11. The molecule has 1 fully saturated rings. The minimum atomic E-state index is -0.973. The summed E-state index contributed by atoms with van der Waals surface area (Å²) in [5.41, 5.74) is 5.27. The van der Waals surface area contributed by atoms with Gasteiger partial charge in [-0.25, -0.2) is 4.79 Å². The van der Waals surface area contributed by atoms with Crippen molar-refractivity contribution in [2.24, 2.45) is 0 Å². The number of carbonyl (C=O) groups is 1. The minimum absolute atomic E-state index is 0.235. The van der Waals surface area contributed by atoms with Gasteiger partial charge in [-0.1, -0.05) is 42.2 Å². The summed E-state index contributed by atoms with van der Waals surface area (Å²) < 4.78 is 11.4. The van der Waals surface area contributed by atoms with E-state index in [1.54, 1.807) is 12.1 Å². The molecular formula is C29H25NO4. The molecule has 0 spiro atoms. The van der Waals surface area contributed by atoms with Gasteiger partial charge in [-0.3, -0.25) is 0 Å². The Kier molecular flexibility index (Phi) is 6.44. The number of benzene rings is 3. The predicted molar refractivity (Wildman–Crippen MR) is 132 cm³/mol. The Bertz CT molecular complexity index is 1370. The van der Waals surface area contributed by atoms with Gasteiger partial charge in [0.2, 0.25) is 0 Å². The van der Waals surface area contributed by atoms with Crippen LogP contribution in [0.15, 0.2) is 72.9 Å². The molecule has 1 aliphatic heterocycles. The molecule has 0 amide bonds. The average Bonchev–Trinajstić information content (AvgIpc) is 3.35. The zero-order valence-corrected chi connectivity index (χ0v) is 18.7. The summed E-state index contributed by atoms with van der Waals surface area (Å²) in [4.78, 5) is 15.2. The Morgan fingerprint density at radius 2 is 1.85 bits per heavy atom. The predicted octanol–water partition coefficient (Wildman–Crippen LogP) is 5.63. The zero-order valence-electron chi connectivity index (χ0n) is 18.7. The number of carboxylic acid groups (broad SMARTS) is 1. The van der Waals surface area contributed by atoms with Crippen LogP contribution in [0.5, 0.6) is 0 Å². The molecule has 2 heterocycles. The first kappa shape index (κ1) is 22.0. The van der Waals surface area contributed by atoms with Crippen LogP contribution >= 0.6 is 0 Å². The maximum atomic E-state index is 12.0. The molecule has 0 atom stereocenters. The highest BCUT2D eigenvalue weighted by Crippen LogP contribution is 2.30. The van der Waals surface area contributed by atoms with Crippen LogP contribution in [0.3, 0.4) is 0 Å². The molecule has 5 heteroatoms. The highest BCUT2D eigenvalue weighted by atomic mass is 16.5. The molecular weight excluding hydrogens is 426 g/mol. The number of aromatic nitrogens is 1. The van der Waals surface area contributed by atoms with Crippen LogP contribution in [-0.2, 0) is 16.1 Å². The Morgan fingerprint density at radius 3 is 2.65 bits per heavy atom. The second-order valence-electron chi connectivity index (χ2n) is 8.38. The van der Waals surface area contributed by atoms with Gasteiger partial charge < -0.3 is 19.6 Å². The highest BCUT2D eigenvalue weighted by molar-refractivity contribution is 5.99. The fourth-order valence-corrected chi connectivity index (χ4v) is 4.23. The van der Waals surface area contributed by atoms with E-state index in [1.807, 2.05) is 60.8 Å². The number of nitrogens with one attached hydrogen (secondary N) is 1. The van der Waals surface area contributed by atoms with Gasteiger partial charge in [0.25, 0.3) is 0 Å². The molecule has 34 heavy (non-hydrogen) atoms. The van der Waals surface area contributed by atoms with Crippen molar-refractivity contribution in [3.8, 4) is 23.0 Å². The fraction of sp³-hybridized carbons (Fsp3) is 0.207. The molecule has 1 aromatic heterocycles. The molecule has 0 unspecified atom stereocenters. The zero-order chi connectivity index (χ0) is 23.3. The summed E-state index contributed by atoms with van der Waals surface area (Å²) in [6.07, 6.45) is 4.02. The van der Waals surface area contributed by atoms with Crippen molar-refractivity contribution in [1.82, 2.24) is 4.98 Å². The van der Waals surface area contributed by atoms with Crippen molar-refractivity contribution < 1.29 is 19.4 Å². The first-order valence-electron chi connectivity index (χ1n) is 11.4. The molecule has 1 saturated heterocycles. The van der Waals surface area contributed by atoms with Crippen molar-refractivity contribution in [1.29, 1.82) is 0 Å². The van der Waals surface area contributed by atoms with Crippen molar-refractivity contribution in [3.05, 3.63) is 95.2 Å². The summed E-state index contributed by atoms with van der Waals surface area (Å²) >= 11 is 0. The molecule has 5 nitrogen and oxygen atoms in total. The number of H-pyrrole nitrogens is 1. The number of hydrogen-bond donors (Lipinski definition) is 2. The van der Waals surface area contributed by atoms with E-state index >= 15 is 0 Å². The van der Waals surface area contributed by atoms with Gasteiger partial charge in [0.15, 0.2) is 0 Å².